The monoisotopic (exact) mass is 254 g/mol. The van der Waals surface area contributed by atoms with Crippen molar-refractivity contribution in [1.29, 1.82) is 0 Å². The molecule has 1 heterocycles. The van der Waals surface area contributed by atoms with Gasteiger partial charge in [-0.25, -0.2) is 0 Å². The lowest BCUT2D eigenvalue weighted by Gasteiger charge is -2.33. The maximum absolute atomic E-state index is 5.94. The third kappa shape index (κ3) is 3.35. The first-order valence-electron chi connectivity index (χ1n) is 6.06. The van der Waals surface area contributed by atoms with E-state index in [4.69, 9.17) is 22.1 Å². The van der Waals surface area contributed by atoms with Crippen molar-refractivity contribution in [2.24, 2.45) is 5.73 Å². The number of anilines is 1. The zero-order valence-corrected chi connectivity index (χ0v) is 10.7. The number of rotatable bonds is 3. The molecule has 1 aliphatic heterocycles. The Balaban J connectivity index is 2.09. The van der Waals surface area contributed by atoms with Crippen LogP contribution in [0.4, 0.5) is 5.69 Å². The van der Waals surface area contributed by atoms with Gasteiger partial charge in [-0.1, -0.05) is 11.6 Å². The quantitative estimate of drug-likeness (QED) is 0.872. The Hall–Kier alpha value is -0.770. The molecule has 0 bridgehead atoms. The molecule has 3 N–H and O–H groups in total. The van der Waals surface area contributed by atoms with E-state index in [9.17, 15) is 0 Å². The third-order valence-electron chi connectivity index (χ3n) is 3.31. The Morgan fingerprint density at radius 3 is 2.71 bits per heavy atom. The van der Waals surface area contributed by atoms with Crippen molar-refractivity contribution in [3.05, 3.63) is 29.3 Å². The van der Waals surface area contributed by atoms with E-state index in [1.165, 1.54) is 0 Å². The summed E-state index contributed by atoms with van der Waals surface area (Å²) in [6.45, 7) is 2.24. The van der Waals surface area contributed by atoms with Crippen LogP contribution in [0.3, 0.4) is 0 Å². The van der Waals surface area contributed by atoms with E-state index in [2.05, 4.69) is 5.32 Å². The van der Waals surface area contributed by atoms with Crippen molar-refractivity contribution in [2.75, 3.05) is 25.1 Å². The molecule has 1 saturated heterocycles. The Kier molecular flexibility index (Phi) is 4.26. The number of hydrogen-bond donors (Lipinski definition) is 2. The molecule has 1 fully saturated rings. The lowest BCUT2D eigenvalue weighted by molar-refractivity contribution is 0.141. The predicted octanol–water partition coefficient (Wildman–Crippen LogP) is 2.65. The van der Waals surface area contributed by atoms with Gasteiger partial charge >= 0.3 is 0 Å². The molecule has 1 aromatic carbocycles. The van der Waals surface area contributed by atoms with Crippen molar-refractivity contribution in [1.82, 2.24) is 0 Å². The van der Waals surface area contributed by atoms with Crippen molar-refractivity contribution in [3.63, 3.8) is 0 Å². The Morgan fingerprint density at radius 1 is 1.24 bits per heavy atom. The Bertz CT molecular complexity index is 345. The fourth-order valence-electron chi connectivity index (χ4n) is 2.23. The standard InChI is InChI=1S/C13H19ClN2O/c14-11-2-4-12(5-3-11)16-13(10-15)6-1-8-17-9-7-13/h2-5,16H,1,6-10,15H2. The number of hydrogen-bond acceptors (Lipinski definition) is 3. The lowest BCUT2D eigenvalue weighted by Crippen LogP contribution is -2.45. The average molecular weight is 255 g/mol. The Morgan fingerprint density at radius 2 is 2.00 bits per heavy atom. The molecule has 0 spiro atoms. The summed E-state index contributed by atoms with van der Waals surface area (Å²) >= 11 is 5.88. The van der Waals surface area contributed by atoms with Crippen molar-refractivity contribution >= 4 is 17.3 Å². The van der Waals surface area contributed by atoms with Crippen LogP contribution in [0.5, 0.6) is 0 Å². The normalized spacial score (nSPS) is 25.3. The summed E-state index contributed by atoms with van der Waals surface area (Å²) in [5, 5.41) is 4.30. The van der Waals surface area contributed by atoms with Gasteiger partial charge in [0.05, 0.1) is 5.54 Å². The number of benzene rings is 1. The van der Waals surface area contributed by atoms with Gasteiger partial charge in [0.1, 0.15) is 0 Å². The lowest BCUT2D eigenvalue weighted by atomic mass is 9.90. The number of ether oxygens (including phenoxy) is 1. The summed E-state index contributed by atoms with van der Waals surface area (Å²) in [4.78, 5) is 0. The van der Waals surface area contributed by atoms with Crippen LogP contribution in [0.2, 0.25) is 5.02 Å². The zero-order valence-electron chi connectivity index (χ0n) is 9.92. The van der Waals surface area contributed by atoms with E-state index in [0.29, 0.717) is 6.54 Å². The predicted molar refractivity (Wildman–Crippen MR) is 71.5 cm³/mol. The SMILES string of the molecule is NCC1(Nc2ccc(Cl)cc2)CCCOCC1. The molecule has 0 aliphatic carbocycles. The van der Waals surface area contributed by atoms with Crippen LogP contribution in [-0.4, -0.2) is 25.3 Å². The van der Waals surface area contributed by atoms with Gasteiger partial charge in [0.15, 0.2) is 0 Å². The highest BCUT2D eigenvalue weighted by molar-refractivity contribution is 6.30. The van der Waals surface area contributed by atoms with Crippen LogP contribution in [-0.2, 0) is 4.74 Å². The van der Waals surface area contributed by atoms with Gasteiger partial charge in [-0.2, -0.15) is 0 Å². The molecule has 1 aliphatic rings. The maximum atomic E-state index is 5.94. The van der Waals surface area contributed by atoms with Crippen LogP contribution in [0.25, 0.3) is 0 Å². The van der Waals surface area contributed by atoms with E-state index >= 15 is 0 Å². The molecule has 0 radical (unpaired) electrons. The van der Waals surface area contributed by atoms with Gasteiger partial charge in [0.25, 0.3) is 0 Å². The summed E-state index contributed by atoms with van der Waals surface area (Å²) < 4.78 is 5.49. The molecule has 0 aromatic heterocycles. The van der Waals surface area contributed by atoms with E-state index < -0.39 is 0 Å². The fraction of sp³-hybridized carbons (Fsp3) is 0.538. The van der Waals surface area contributed by atoms with Crippen molar-refractivity contribution < 1.29 is 4.74 Å². The van der Waals surface area contributed by atoms with E-state index in [0.717, 1.165) is 43.2 Å². The van der Waals surface area contributed by atoms with Crippen molar-refractivity contribution in [2.45, 2.75) is 24.8 Å². The van der Waals surface area contributed by atoms with Crippen LogP contribution < -0.4 is 11.1 Å². The number of halogens is 1. The van der Waals surface area contributed by atoms with Gasteiger partial charge in [0, 0.05) is 30.5 Å². The molecular weight excluding hydrogens is 236 g/mol. The second-order valence-corrected chi connectivity index (χ2v) is 5.02. The third-order valence-corrected chi connectivity index (χ3v) is 3.57. The topological polar surface area (TPSA) is 47.3 Å². The summed E-state index contributed by atoms with van der Waals surface area (Å²) in [6.07, 6.45) is 3.05. The smallest absolute Gasteiger partial charge is 0.0518 e. The van der Waals surface area contributed by atoms with Crippen molar-refractivity contribution in [3.8, 4) is 0 Å². The highest BCUT2D eigenvalue weighted by Gasteiger charge is 2.29. The van der Waals surface area contributed by atoms with Gasteiger partial charge in [-0.15, -0.1) is 0 Å². The molecule has 1 aromatic rings. The van der Waals surface area contributed by atoms with Crippen LogP contribution in [0.1, 0.15) is 19.3 Å². The molecule has 2 rings (SSSR count). The highest BCUT2D eigenvalue weighted by atomic mass is 35.5. The minimum atomic E-state index is -0.0374. The first kappa shape index (κ1) is 12.7. The highest BCUT2D eigenvalue weighted by Crippen LogP contribution is 2.26. The minimum Gasteiger partial charge on any atom is -0.381 e. The molecule has 1 atom stereocenters. The maximum Gasteiger partial charge on any atom is 0.0518 e. The molecular formula is C13H19ClN2O. The molecule has 17 heavy (non-hydrogen) atoms. The van der Waals surface area contributed by atoms with Crippen LogP contribution >= 0.6 is 11.6 Å². The average Bonchev–Trinajstić information content (AvgIpc) is 2.58. The summed E-state index contributed by atoms with van der Waals surface area (Å²) in [7, 11) is 0. The van der Waals surface area contributed by atoms with Gasteiger partial charge in [-0.05, 0) is 43.5 Å². The molecule has 0 amide bonds. The number of nitrogens with two attached hydrogens (primary N) is 1. The van der Waals surface area contributed by atoms with Crippen LogP contribution in [0.15, 0.2) is 24.3 Å². The molecule has 1 unspecified atom stereocenters. The second-order valence-electron chi connectivity index (χ2n) is 4.58. The first-order valence-corrected chi connectivity index (χ1v) is 6.43. The van der Waals surface area contributed by atoms with Gasteiger partial charge in [0.2, 0.25) is 0 Å². The van der Waals surface area contributed by atoms with E-state index in [1.54, 1.807) is 0 Å². The Labute approximate surface area is 107 Å². The molecule has 3 nitrogen and oxygen atoms in total. The summed E-state index contributed by atoms with van der Waals surface area (Å²) in [6, 6.07) is 7.76. The fourth-order valence-corrected chi connectivity index (χ4v) is 2.35. The first-order chi connectivity index (χ1) is 8.24. The zero-order chi connectivity index (χ0) is 12.1. The molecule has 94 valence electrons. The summed E-state index contributed by atoms with van der Waals surface area (Å²) in [5.41, 5.74) is 6.97. The summed E-state index contributed by atoms with van der Waals surface area (Å²) in [5.74, 6) is 0. The minimum absolute atomic E-state index is 0.0374. The van der Waals surface area contributed by atoms with E-state index in [-0.39, 0.29) is 5.54 Å². The molecule has 0 saturated carbocycles. The molecule has 4 heteroatoms. The number of nitrogens with one attached hydrogen (secondary N) is 1. The van der Waals surface area contributed by atoms with Gasteiger partial charge < -0.3 is 15.8 Å². The largest absolute Gasteiger partial charge is 0.381 e. The van der Waals surface area contributed by atoms with Gasteiger partial charge in [-0.3, -0.25) is 0 Å². The van der Waals surface area contributed by atoms with Crippen LogP contribution in [0, 0.1) is 0 Å². The van der Waals surface area contributed by atoms with E-state index in [1.807, 2.05) is 24.3 Å². The second kappa shape index (κ2) is 5.71.